The highest BCUT2D eigenvalue weighted by molar-refractivity contribution is 5.44. The van der Waals surface area contributed by atoms with E-state index in [4.69, 9.17) is 10.5 Å². The van der Waals surface area contributed by atoms with Gasteiger partial charge in [0.25, 0.3) is 5.69 Å². The maximum Gasteiger partial charge on any atom is 0.272 e. The molecule has 1 fully saturated rings. The molecule has 0 saturated heterocycles. The van der Waals surface area contributed by atoms with Crippen molar-refractivity contribution in [2.45, 2.75) is 25.9 Å². The molecule has 0 unspecified atom stereocenters. The molecule has 1 aromatic carbocycles. The minimum Gasteiger partial charge on any atom is -0.490 e. The van der Waals surface area contributed by atoms with Crippen LogP contribution in [0.25, 0.3) is 0 Å². The molecule has 2 rings (SSSR count). The van der Waals surface area contributed by atoms with E-state index in [1.54, 1.807) is 19.1 Å². The number of ether oxygens (including phenoxy) is 1. The van der Waals surface area contributed by atoms with E-state index in [0.29, 0.717) is 23.8 Å². The van der Waals surface area contributed by atoms with Gasteiger partial charge in [0.05, 0.1) is 11.0 Å². The minimum atomic E-state index is -0.382. The lowest BCUT2D eigenvalue weighted by molar-refractivity contribution is -0.385. The maximum absolute atomic E-state index is 10.7. The highest BCUT2D eigenvalue weighted by atomic mass is 16.6. The van der Waals surface area contributed by atoms with Crippen LogP contribution in [0.3, 0.4) is 0 Å². The summed E-state index contributed by atoms with van der Waals surface area (Å²) >= 11 is 0. The fourth-order valence-corrected chi connectivity index (χ4v) is 2.06. The molecule has 0 amide bonds. The molecule has 1 aliphatic rings. The van der Waals surface area contributed by atoms with Gasteiger partial charge in [-0.1, -0.05) is 0 Å². The lowest BCUT2D eigenvalue weighted by Crippen LogP contribution is -2.37. The van der Waals surface area contributed by atoms with Crippen molar-refractivity contribution < 1.29 is 9.66 Å². The van der Waals surface area contributed by atoms with Crippen molar-refractivity contribution in [3.63, 3.8) is 0 Å². The number of aryl methyl sites for hydroxylation is 1. The van der Waals surface area contributed by atoms with Gasteiger partial charge in [-0.15, -0.1) is 0 Å². The molecule has 0 heterocycles. The second-order valence-electron chi connectivity index (χ2n) is 4.52. The van der Waals surface area contributed by atoms with Crippen LogP contribution in [0.1, 0.15) is 18.4 Å². The standard InChI is InChI=1S/C12H16N2O3/c1-8-4-10(2-3-12(8)14(15)16)17-11-5-9(6-11)7-13/h2-4,9,11H,5-7,13H2,1H3. The van der Waals surface area contributed by atoms with E-state index in [9.17, 15) is 10.1 Å². The van der Waals surface area contributed by atoms with Crippen molar-refractivity contribution in [3.8, 4) is 5.75 Å². The van der Waals surface area contributed by atoms with Gasteiger partial charge in [-0.05, 0) is 44.4 Å². The molecule has 0 aromatic heterocycles. The lowest BCUT2D eigenvalue weighted by atomic mass is 9.82. The first-order chi connectivity index (χ1) is 8.10. The minimum absolute atomic E-state index is 0.130. The summed E-state index contributed by atoms with van der Waals surface area (Å²) in [6.45, 7) is 2.42. The molecular formula is C12H16N2O3. The van der Waals surface area contributed by atoms with Crippen LogP contribution in [0.5, 0.6) is 5.75 Å². The van der Waals surface area contributed by atoms with Crippen LogP contribution in [-0.2, 0) is 0 Å². The average molecular weight is 236 g/mol. The molecule has 0 radical (unpaired) electrons. The summed E-state index contributed by atoms with van der Waals surface area (Å²) in [6, 6.07) is 4.86. The monoisotopic (exact) mass is 236 g/mol. The molecule has 0 atom stereocenters. The van der Waals surface area contributed by atoms with Crippen molar-refractivity contribution in [2.24, 2.45) is 11.7 Å². The van der Waals surface area contributed by atoms with Crippen molar-refractivity contribution in [1.29, 1.82) is 0 Å². The van der Waals surface area contributed by atoms with E-state index in [1.165, 1.54) is 6.07 Å². The third-order valence-electron chi connectivity index (χ3n) is 3.19. The Morgan fingerprint density at radius 3 is 2.76 bits per heavy atom. The van der Waals surface area contributed by atoms with Crippen molar-refractivity contribution >= 4 is 5.69 Å². The first-order valence-electron chi connectivity index (χ1n) is 5.72. The second kappa shape index (κ2) is 4.71. The van der Waals surface area contributed by atoms with Gasteiger partial charge in [0.15, 0.2) is 0 Å². The Labute approximate surface area is 99.7 Å². The Hall–Kier alpha value is -1.62. The predicted molar refractivity (Wildman–Crippen MR) is 64.0 cm³/mol. The van der Waals surface area contributed by atoms with Crippen LogP contribution in [0.15, 0.2) is 18.2 Å². The van der Waals surface area contributed by atoms with Gasteiger partial charge in [-0.2, -0.15) is 0 Å². The summed E-state index contributed by atoms with van der Waals surface area (Å²) in [5.41, 5.74) is 6.29. The third kappa shape index (κ3) is 2.55. The number of hydrogen-bond acceptors (Lipinski definition) is 4. The smallest absolute Gasteiger partial charge is 0.272 e. The van der Waals surface area contributed by atoms with Crippen molar-refractivity contribution in [1.82, 2.24) is 0 Å². The average Bonchev–Trinajstić information content (AvgIpc) is 2.22. The van der Waals surface area contributed by atoms with Crippen LogP contribution in [0.4, 0.5) is 5.69 Å². The summed E-state index contributed by atoms with van der Waals surface area (Å²) in [7, 11) is 0. The van der Waals surface area contributed by atoms with Gasteiger partial charge in [0.2, 0.25) is 0 Å². The van der Waals surface area contributed by atoms with Gasteiger partial charge in [0.1, 0.15) is 5.75 Å². The Morgan fingerprint density at radius 1 is 1.53 bits per heavy atom. The number of rotatable bonds is 4. The molecule has 5 nitrogen and oxygen atoms in total. The molecule has 0 aliphatic heterocycles. The van der Waals surface area contributed by atoms with Crippen molar-refractivity contribution in [3.05, 3.63) is 33.9 Å². The fourth-order valence-electron chi connectivity index (χ4n) is 2.06. The first kappa shape index (κ1) is 11.9. The van der Waals surface area contributed by atoms with Crippen LogP contribution in [0.2, 0.25) is 0 Å². The zero-order chi connectivity index (χ0) is 12.4. The summed E-state index contributed by atoms with van der Waals surface area (Å²) in [6.07, 6.45) is 2.17. The molecule has 1 saturated carbocycles. The van der Waals surface area contributed by atoms with Crippen molar-refractivity contribution in [2.75, 3.05) is 6.54 Å². The number of benzene rings is 1. The first-order valence-corrected chi connectivity index (χ1v) is 5.72. The molecule has 0 spiro atoms. The number of nitro groups is 1. The van der Waals surface area contributed by atoms with E-state index in [0.717, 1.165) is 12.8 Å². The third-order valence-corrected chi connectivity index (χ3v) is 3.19. The zero-order valence-corrected chi connectivity index (χ0v) is 9.76. The largest absolute Gasteiger partial charge is 0.490 e. The fraction of sp³-hybridized carbons (Fsp3) is 0.500. The quantitative estimate of drug-likeness (QED) is 0.640. The van der Waals surface area contributed by atoms with Gasteiger partial charge < -0.3 is 10.5 Å². The zero-order valence-electron chi connectivity index (χ0n) is 9.76. The number of nitrogens with two attached hydrogens (primary N) is 1. The van der Waals surface area contributed by atoms with Gasteiger partial charge >= 0.3 is 0 Å². The van der Waals surface area contributed by atoms with Gasteiger partial charge in [0, 0.05) is 11.6 Å². The second-order valence-corrected chi connectivity index (χ2v) is 4.52. The lowest BCUT2D eigenvalue weighted by Gasteiger charge is -2.34. The summed E-state index contributed by atoms with van der Waals surface area (Å²) in [5, 5.41) is 10.7. The van der Waals surface area contributed by atoms with E-state index in [2.05, 4.69) is 0 Å². The van der Waals surface area contributed by atoms with E-state index >= 15 is 0 Å². The Kier molecular flexibility index (Phi) is 3.28. The highest BCUT2D eigenvalue weighted by Gasteiger charge is 2.29. The van der Waals surface area contributed by atoms with Gasteiger partial charge in [-0.3, -0.25) is 10.1 Å². The molecule has 1 aliphatic carbocycles. The van der Waals surface area contributed by atoms with Crippen LogP contribution >= 0.6 is 0 Å². The Morgan fingerprint density at radius 2 is 2.24 bits per heavy atom. The van der Waals surface area contributed by atoms with Gasteiger partial charge in [-0.25, -0.2) is 0 Å². The molecule has 1 aromatic rings. The predicted octanol–water partition coefficient (Wildman–Crippen LogP) is 2.02. The molecule has 5 heteroatoms. The molecule has 0 bridgehead atoms. The van der Waals surface area contributed by atoms with Crippen LogP contribution in [0, 0.1) is 23.0 Å². The SMILES string of the molecule is Cc1cc(OC2CC(CN)C2)ccc1[N+](=O)[O-]. The van der Waals surface area contributed by atoms with E-state index in [1.807, 2.05) is 0 Å². The molecule has 2 N–H and O–H groups in total. The van der Waals surface area contributed by atoms with E-state index in [-0.39, 0.29) is 16.7 Å². The normalized spacial score (nSPS) is 22.9. The molecule has 17 heavy (non-hydrogen) atoms. The topological polar surface area (TPSA) is 78.4 Å². The number of hydrogen-bond donors (Lipinski definition) is 1. The number of nitro benzene ring substituents is 1. The Balaban J connectivity index is 1.99. The Bertz CT molecular complexity index is 428. The maximum atomic E-state index is 10.7. The van der Waals surface area contributed by atoms with Crippen LogP contribution < -0.4 is 10.5 Å². The van der Waals surface area contributed by atoms with E-state index < -0.39 is 0 Å². The summed E-state index contributed by atoms with van der Waals surface area (Å²) in [5.74, 6) is 1.27. The highest BCUT2D eigenvalue weighted by Crippen LogP contribution is 2.32. The van der Waals surface area contributed by atoms with Crippen LogP contribution in [-0.4, -0.2) is 17.6 Å². The summed E-state index contributed by atoms with van der Waals surface area (Å²) in [4.78, 5) is 10.3. The summed E-state index contributed by atoms with van der Waals surface area (Å²) < 4.78 is 5.72. The molecular weight excluding hydrogens is 220 g/mol. The number of nitrogens with zero attached hydrogens (tertiary/aromatic N) is 1. The molecule has 92 valence electrons.